The van der Waals surface area contributed by atoms with Crippen LogP contribution < -0.4 is 14.4 Å². The van der Waals surface area contributed by atoms with Gasteiger partial charge in [-0.05, 0) is 60.9 Å². The Labute approximate surface area is 222 Å². The first-order valence-electron chi connectivity index (χ1n) is 12.8. The van der Waals surface area contributed by atoms with E-state index in [-0.39, 0.29) is 16.5 Å². The molecule has 0 aliphatic carbocycles. The summed E-state index contributed by atoms with van der Waals surface area (Å²) in [6.45, 7) is 10.2. The van der Waals surface area contributed by atoms with Crippen molar-refractivity contribution in [3.8, 4) is 17.0 Å². The van der Waals surface area contributed by atoms with E-state index in [2.05, 4.69) is 28.8 Å². The van der Waals surface area contributed by atoms with E-state index in [9.17, 15) is 17.6 Å². The SMILES string of the molecule is CC(C)COc1cc(F)cc(-c2ccc(C(=O)NS(=O)(=O)c3ccn[nH]3)c(N3CCC(C(C)C)CC3)n2)c1. The molecule has 2 aromatic heterocycles. The number of aromatic nitrogens is 3. The first-order chi connectivity index (χ1) is 18.0. The number of rotatable bonds is 9. The summed E-state index contributed by atoms with van der Waals surface area (Å²) in [5.74, 6) is 0.843. The summed E-state index contributed by atoms with van der Waals surface area (Å²) in [5, 5.41) is 5.79. The first kappa shape index (κ1) is 27.6. The number of pyridine rings is 1. The fourth-order valence-electron chi connectivity index (χ4n) is 4.49. The fraction of sp³-hybridized carbons (Fsp3) is 0.444. The topological polar surface area (TPSA) is 117 Å². The molecule has 3 heterocycles. The molecule has 204 valence electrons. The molecule has 1 aliphatic rings. The number of nitrogens with zero attached hydrogens (tertiary/aromatic N) is 3. The molecule has 1 amide bonds. The maximum Gasteiger partial charge on any atom is 0.281 e. The van der Waals surface area contributed by atoms with Crippen molar-refractivity contribution < 1.29 is 22.3 Å². The molecule has 0 saturated carbocycles. The largest absolute Gasteiger partial charge is 0.493 e. The van der Waals surface area contributed by atoms with Crippen molar-refractivity contribution in [1.82, 2.24) is 19.9 Å². The predicted molar refractivity (Wildman–Crippen MR) is 143 cm³/mol. The number of piperidine rings is 1. The van der Waals surface area contributed by atoms with Gasteiger partial charge in [0, 0.05) is 24.7 Å². The van der Waals surface area contributed by atoms with Gasteiger partial charge in [0.1, 0.15) is 17.4 Å². The van der Waals surface area contributed by atoms with E-state index in [0.29, 0.717) is 54.4 Å². The van der Waals surface area contributed by atoms with Crippen LogP contribution in [0, 0.1) is 23.6 Å². The summed E-state index contributed by atoms with van der Waals surface area (Å²) < 4.78 is 47.6. The number of nitrogens with one attached hydrogen (secondary N) is 2. The molecular weight excluding hydrogens is 509 g/mol. The molecule has 2 N–H and O–H groups in total. The Morgan fingerprint density at radius 1 is 1.16 bits per heavy atom. The normalized spacial score (nSPS) is 14.8. The molecule has 0 bridgehead atoms. The molecule has 1 saturated heterocycles. The highest BCUT2D eigenvalue weighted by molar-refractivity contribution is 7.90. The molecule has 38 heavy (non-hydrogen) atoms. The lowest BCUT2D eigenvalue weighted by Crippen LogP contribution is -2.38. The summed E-state index contributed by atoms with van der Waals surface area (Å²) in [6.07, 6.45) is 3.13. The molecule has 11 heteroatoms. The second-order valence-corrected chi connectivity index (χ2v) is 12.0. The lowest BCUT2D eigenvalue weighted by atomic mass is 9.86. The van der Waals surface area contributed by atoms with Crippen LogP contribution in [0.4, 0.5) is 10.2 Å². The van der Waals surface area contributed by atoms with Crippen LogP contribution in [0.15, 0.2) is 47.6 Å². The first-order valence-corrected chi connectivity index (χ1v) is 14.3. The van der Waals surface area contributed by atoms with Crippen molar-refractivity contribution in [1.29, 1.82) is 0 Å². The summed E-state index contributed by atoms with van der Waals surface area (Å²) >= 11 is 0. The quantitative estimate of drug-likeness (QED) is 0.404. The van der Waals surface area contributed by atoms with Gasteiger partial charge in [-0.15, -0.1) is 0 Å². The van der Waals surface area contributed by atoms with Gasteiger partial charge in [-0.2, -0.15) is 13.5 Å². The van der Waals surface area contributed by atoms with Crippen LogP contribution >= 0.6 is 0 Å². The van der Waals surface area contributed by atoms with Crippen LogP contribution in [0.5, 0.6) is 5.75 Å². The van der Waals surface area contributed by atoms with Crippen molar-refractivity contribution in [2.24, 2.45) is 17.8 Å². The van der Waals surface area contributed by atoms with Gasteiger partial charge in [0.2, 0.25) is 0 Å². The lowest BCUT2D eigenvalue weighted by Gasteiger charge is -2.35. The van der Waals surface area contributed by atoms with Gasteiger partial charge in [0.05, 0.1) is 24.1 Å². The minimum absolute atomic E-state index is 0.118. The average Bonchev–Trinajstić information content (AvgIpc) is 3.43. The molecule has 0 atom stereocenters. The number of halogens is 1. The van der Waals surface area contributed by atoms with Crippen LogP contribution in [0.1, 0.15) is 50.9 Å². The van der Waals surface area contributed by atoms with Gasteiger partial charge in [0.15, 0.2) is 5.03 Å². The monoisotopic (exact) mass is 543 g/mol. The second-order valence-electron chi connectivity index (χ2n) is 10.4. The van der Waals surface area contributed by atoms with Gasteiger partial charge < -0.3 is 9.64 Å². The van der Waals surface area contributed by atoms with Crippen LogP contribution in [-0.2, 0) is 10.0 Å². The molecule has 9 nitrogen and oxygen atoms in total. The van der Waals surface area contributed by atoms with Gasteiger partial charge in [-0.25, -0.2) is 14.1 Å². The maximum atomic E-state index is 14.5. The molecule has 3 aromatic rings. The summed E-state index contributed by atoms with van der Waals surface area (Å²) in [5.41, 5.74) is 1.07. The minimum Gasteiger partial charge on any atom is -0.493 e. The Hall–Kier alpha value is -3.47. The number of ether oxygens (including phenoxy) is 1. The number of carbonyl (C=O) groups excluding carboxylic acids is 1. The molecule has 1 aliphatic heterocycles. The number of amides is 1. The molecule has 1 fully saturated rings. The molecule has 0 spiro atoms. The number of benzene rings is 1. The van der Waals surface area contributed by atoms with Crippen molar-refractivity contribution in [3.05, 3.63) is 54.0 Å². The molecule has 4 rings (SSSR count). The smallest absolute Gasteiger partial charge is 0.281 e. The van der Waals surface area contributed by atoms with Gasteiger partial charge in [0.25, 0.3) is 15.9 Å². The number of carbonyl (C=O) groups is 1. The zero-order valence-electron chi connectivity index (χ0n) is 22.1. The highest BCUT2D eigenvalue weighted by Gasteiger charge is 2.28. The average molecular weight is 544 g/mol. The zero-order chi connectivity index (χ0) is 27.4. The van der Waals surface area contributed by atoms with Gasteiger partial charge in [-0.1, -0.05) is 27.7 Å². The summed E-state index contributed by atoms with van der Waals surface area (Å²) in [6, 6.07) is 8.78. The number of aromatic amines is 1. The number of H-pyrrole nitrogens is 1. The highest BCUT2D eigenvalue weighted by atomic mass is 32.2. The van der Waals surface area contributed by atoms with Gasteiger partial charge in [-0.3, -0.25) is 9.89 Å². The van der Waals surface area contributed by atoms with E-state index in [0.717, 1.165) is 12.8 Å². The van der Waals surface area contributed by atoms with E-state index in [1.54, 1.807) is 12.1 Å². The van der Waals surface area contributed by atoms with Crippen molar-refractivity contribution >= 4 is 21.7 Å². The van der Waals surface area contributed by atoms with E-state index in [1.165, 1.54) is 30.5 Å². The molecular formula is C27H34FN5O4S. The standard InChI is InChI=1S/C27H34FN5O4S/c1-17(2)16-37-22-14-20(13-21(28)15-22)24-6-5-23(27(34)32-38(35,36)25-7-10-29-31-25)26(30-24)33-11-8-19(9-12-33)18(3)4/h5-7,10,13-15,17-19H,8-9,11-12,16H2,1-4H3,(H,29,31)(H,32,34). The number of anilines is 1. The fourth-order valence-corrected chi connectivity index (χ4v) is 5.36. The Morgan fingerprint density at radius 3 is 2.53 bits per heavy atom. The van der Waals surface area contributed by atoms with E-state index >= 15 is 0 Å². The van der Waals surface area contributed by atoms with E-state index in [1.807, 2.05) is 18.7 Å². The molecule has 1 aromatic carbocycles. The van der Waals surface area contributed by atoms with Crippen molar-refractivity contribution in [2.45, 2.75) is 45.6 Å². The van der Waals surface area contributed by atoms with Crippen LogP contribution in [0.2, 0.25) is 0 Å². The summed E-state index contributed by atoms with van der Waals surface area (Å²) in [4.78, 5) is 20.0. The Morgan fingerprint density at radius 2 is 1.89 bits per heavy atom. The van der Waals surface area contributed by atoms with E-state index < -0.39 is 21.7 Å². The van der Waals surface area contributed by atoms with Crippen molar-refractivity contribution in [3.63, 3.8) is 0 Å². The van der Waals surface area contributed by atoms with E-state index in [4.69, 9.17) is 9.72 Å². The highest BCUT2D eigenvalue weighted by Crippen LogP contribution is 2.32. The van der Waals surface area contributed by atoms with Gasteiger partial charge >= 0.3 is 0 Å². The van der Waals surface area contributed by atoms with Crippen LogP contribution in [-0.4, -0.2) is 49.2 Å². The third kappa shape index (κ3) is 6.50. The lowest BCUT2D eigenvalue weighted by molar-refractivity contribution is 0.0981. The maximum absolute atomic E-state index is 14.5. The third-order valence-electron chi connectivity index (χ3n) is 6.64. The Kier molecular flexibility index (Phi) is 8.35. The molecule has 0 radical (unpaired) electrons. The predicted octanol–water partition coefficient (Wildman–Crippen LogP) is 4.64. The Bertz CT molecular complexity index is 1370. The number of hydrogen-bond donors (Lipinski definition) is 2. The Balaban J connectivity index is 1.70. The third-order valence-corrected chi connectivity index (χ3v) is 7.90. The second kappa shape index (κ2) is 11.5. The summed E-state index contributed by atoms with van der Waals surface area (Å²) in [7, 11) is -4.15. The van der Waals surface area contributed by atoms with Crippen LogP contribution in [0.25, 0.3) is 11.3 Å². The number of hydrogen-bond acceptors (Lipinski definition) is 7. The zero-order valence-corrected chi connectivity index (χ0v) is 22.9. The molecule has 0 unspecified atom stereocenters. The number of sulfonamides is 1. The van der Waals surface area contributed by atoms with Crippen molar-refractivity contribution in [2.75, 3.05) is 24.6 Å². The minimum atomic E-state index is -4.15. The van der Waals surface area contributed by atoms with Crippen LogP contribution in [0.3, 0.4) is 0 Å².